The molecule has 7 unspecified atom stereocenters. The van der Waals surface area contributed by atoms with Crippen molar-refractivity contribution < 1.29 is 29.3 Å². The van der Waals surface area contributed by atoms with Crippen molar-refractivity contribution in [3.63, 3.8) is 0 Å². The SMILES string of the molecule is CC12C=CC(=O)C=C1CCC1C2C(O)CC2(C)C1CCC2(O)C(=O)COC(=O)CCC1CCCC1. The Hall–Kier alpha value is -1.79. The molecule has 7 atom stereocenters. The Kier molecular flexibility index (Phi) is 6.36. The molecule has 4 fully saturated rings. The number of ether oxygens (including phenoxy) is 1. The van der Waals surface area contributed by atoms with E-state index in [0.29, 0.717) is 31.6 Å². The molecule has 0 bridgehead atoms. The number of carbonyl (C=O) groups is 3. The highest BCUT2D eigenvalue weighted by Crippen LogP contribution is 2.67. The maximum absolute atomic E-state index is 13.3. The van der Waals surface area contributed by atoms with E-state index >= 15 is 0 Å². The van der Waals surface area contributed by atoms with E-state index < -0.39 is 29.5 Å². The van der Waals surface area contributed by atoms with E-state index in [1.54, 1.807) is 12.2 Å². The Balaban J connectivity index is 1.28. The Morgan fingerprint density at radius 2 is 1.89 bits per heavy atom. The summed E-state index contributed by atoms with van der Waals surface area (Å²) in [5, 5.41) is 23.2. The number of hydrogen-bond acceptors (Lipinski definition) is 6. The van der Waals surface area contributed by atoms with Crippen LogP contribution in [-0.4, -0.2) is 46.1 Å². The fourth-order valence-electron chi connectivity index (χ4n) is 8.75. The summed E-state index contributed by atoms with van der Waals surface area (Å²) in [6.45, 7) is 3.65. The Morgan fingerprint density at radius 1 is 1.14 bits per heavy atom. The van der Waals surface area contributed by atoms with Gasteiger partial charge in [0.15, 0.2) is 12.4 Å². The van der Waals surface area contributed by atoms with E-state index in [0.717, 1.165) is 24.8 Å². The van der Waals surface area contributed by atoms with Crippen molar-refractivity contribution in [3.05, 3.63) is 23.8 Å². The van der Waals surface area contributed by atoms with E-state index in [4.69, 9.17) is 4.74 Å². The molecule has 0 aromatic carbocycles. The van der Waals surface area contributed by atoms with E-state index in [1.165, 1.54) is 25.7 Å². The molecule has 5 rings (SSSR count). The molecule has 5 aliphatic carbocycles. The maximum atomic E-state index is 13.3. The lowest BCUT2D eigenvalue weighted by atomic mass is 9.46. The summed E-state index contributed by atoms with van der Waals surface area (Å²) in [6, 6.07) is 0. The molecule has 0 aliphatic heterocycles. The normalized spacial score (nSPS) is 42.7. The maximum Gasteiger partial charge on any atom is 0.306 e. The van der Waals surface area contributed by atoms with Crippen molar-refractivity contribution >= 4 is 17.5 Å². The van der Waals surface area contributed by atoms with E-state index in [9.17, 15) is 24.6 Å². The lowest BCUT2D eigenvalue weighted by Crippen LogP contribution is -2.61. The summed E-state index contributed by atoms with van der Waals surface area (Å²) < 4.78 is 5.34. The molecule has 5 aliphatic rings. The zero-order valence-corrected chi connectivity index (χ0v) is 21.1. The van der Waals surface area contributed by atoms with Crippen LogP contribution in [0.5, 0.6) is 0 Å². The van der Waals surface area contributed by atoms with Crippen LogP contribution < -0.4 is 0 Å². The Labute approximate surface area is 208 Å². The third kappa shape index (κ3) is 3.96. The zero-order valence-electron chi connectivity index (χ0n) is 21.1. The van der Waals surface area contributed by atoms with Crippen LogP contribution in [0.3, 0.4) is 0 Å². The summed E-state index contributed by atoms with van der Waals surface area (Å²) >= 11 is 0. The average Bonchev–Trinajstić information content (AvgIpc) is 3.43. The first kappa shape index (κ1) is 24.9. The number of allylic oxidation sites excluding steroid dienone is 4. The summed E-state index contributed by atoms with van der Waals surface area (Å²) in [5.74, 6) is -0.0191. The number of hydrogen-bond donors (Lipinski definition) is 2. The summed E-state index contributed by atoms with van der Waals surface area (Å²) in [4.78, 5) is 37.6. The molecule has 0 radical (unpaired) electrons. The standard InChI is InChI=1S/C29H40O6/c1-27-13-11-20(30)15-19(27)8-9-21-22-12-14-29(34,28(22,2)16-23(31)26(21)27)24(32)17-35-25(33)10-7-18-5-3-4-6-18/h11,13,15,18,21-23,26,31,34H,3-10,12,14,16-17H2,1-2H3. The van der Waals surface area contributed by atoms with Gasteiger partial charge in [-0.2, -0.15) is 0 Å². The second-order valence-corrected chi connectivity index (χ2v) is 12.4. The Morgan fingerprint density at radius 3 is 2.63 bits per heavy atom. The van der Waals surface area contributed by atoms with Crippen molar-refractivity contribution in [2.45, 2.75) is 96.2 Å². The fourth-order valence-corrected chi connectivity index (χ4v) is 8.75. The molecule has 0 aromatic heterocycles. The van der Waals surface area contributed by atoms with Crippen molar-refractivity contribution in [3.8, 4) is 0 Å². The molecule has 0 heterocycles. The van der Waals surface area contributed by atoms with Crippen molar-refractivity contribution in [1.82, 2.24) is 0 Å². The quantitative estimate of drug-likeness (QED) is 0.551. The first-order chi connectivity index (χ1) is 16.6. The van der Waals surface area contributed by atoms with Gasteiger partial charge in [0.1, 0.15) is 5.60 Å². The van der Waals surface area contributed by atoms with Gasteiger partial charge < -0.3 is 14.9 Å². The van der Waals surface area contributed by atoms with Crippen LogP contribution >= 0.6 is 0 Å². The van der Waals surface area contributed by atoms with Gasteiger partial charge in [-0.1, -0.05) is 51.2 Å². The van der Waals surface area contributed by atoms with Gasteiger partial charge in [0.2, 0.25) is 5.78 Å². The lowest BCUT2D eigenvalue weighted by molar-refractivity contribution is -0.181. The second-order valence-electron chi connectivity index (χ2n) is 12.4. The number of fused-ring (bicyclic) bond motifs is 5. The van der Waals surface area contributed by atoms with Gasteiger partial charge in [-0.25, -0.2) is 0 Å². The van der Waals surface area contributed by atoms with Crippen LogP contribution in [0.4, 0.5) is 0 Å². The number of aliphatic hydroxyl groups excluding tert-OH is 1. The number of ketones is 2. The minimum atomic E-state index is -1.61. The lowest BCUT2D eigenvalue weighted by Gasteiger charge is -2.59. The molecule has 0 amide bonds. The minimum Gasteiger partial charge on any atom is -0.458 e. The van der Waals surface area contributed by atoms with Gasteiger partial charge >= 0.3 is 5.97 Å². The van der Waals surface area contributed by atoms with Crippen molar-refractivity contribution in [2.24, 2.45) is 34.5 Å². The number of Topliss-reactive ketones (excluding diaryl/α,β-unsaturated/α-hetero) is 1. The molecule has 4 saturated carbocycles. The van der Waals surface area contributed by atoms with E-state index in [2.05, 4.69) is 6.92 Å². The number of carbonyl (C=O) groups excluding carboxylic acids is 3. The second kappa shape index (κ2) is 8.95. The third-order valence-electron chi connectivity index (χ3n) is 10.7. The first-order valence-electron chi connectivity index (χ1n) is 13.6. The summed E-state index contributed by atoms with van der Waals surface area (Å²) in [7, 11) is 0. The molecule has 6 nitrogen and oxygen atoms in total. The van der Waals surface area contributed by atoms with Gasteiger partial charge in [0, 0.05) is 23.2 Å². The van der Waals surface area contributed by atoms with Gasteiger partial charge in [-0.05, 0) is 68.4 Å². The molecule has 35 heavy (non-hydrogen) atoms. The largest absolute Gasteiger partial charge is 0.458 e. The van der Waals surface area contributed by atoms with Crippen LogP contribution in [0.1, 0.15) is 84.5 Å². The number of rotatable bonds is 6. The third-order valence-corrected chi connectivity index (χ3v) is 10.7. The molecule has 2 N–H and O–H groups in total. The molecule has 192 valence electrons. The van der Waals surface area contributed by atoms with Crippen molar-refractivity contribution in [1.29, 1.82) is 0 Å². The van der Waals surface area contributed by atoms with Gasteiger partial charge in [0.25, 0.3) is 0 Å². The topological polar surface area (TPSA) is 101 Å². The van der Waals surface area contributed by atoms with Crippen LogP contribution in [0.2, 0.25) is 0 Å². The predicted molar refractivity (Wildman–Crippen MR) is 130 cm³/mol. The van der Waals surface area contributed by atoms with E-state index in [-0.39, 0.29) is 34.9 Å². The van der Waals surface area contributed by atoms with Gasteiger partial charge in [-0.3, -0.25) is 14.4 Å². The highest BCUT2D eigenvalue weighted by molar-refractivity contribution is 6.01. The smallest absolute Gasteiger partial charge is 0.306 e. The van der Waals surface area contributed by atoms with Gasteiger partial charge in [-0.15, -0.1) is 0 Å². The molecule has 0 aromatic rings. The van der Waals surface area contributed by atoms with Crippen LogP contribution in [-0.2, 0) is 19.1 Å². The molecule has 0 saturated heterocycles. The average molecular weight is 485 g/mol. The van der Waals surface area contributed by atoms with Crippen molar-refractivity contribution in [2.75, 3.05) is 6.61 Å². The molecular weight excluding hydrogens is 444 g/mol. The van der Waals surface area contributed by atoms with Crippen LogP contribution in [0.25, 0.3) is 0 Å². The molecule has 6 heteroatoms. The highest BCUT2D eigenvalue weighted by Gasteiger charge is 2.68. The number of esters is 1. The molecule has 0 spiro atoms. The highest BCUT2D eigenvalue weighted by atomic mass is 16.5. The summed E-state index contributed by atoms with van der Waals surface area (Å²) in [6.07, 6.45) is 13.5. The summed E-state index contributed by atoms with van der Waals surface area (Å²) in [5.41, 5.74) is -1.67. The van der Waals surface area contributed by atoms with E-state index in [1.807, 2.05) is 13.0 Å². The zero-order chi connectivity index (χ0) is 25.0. The monoisotopic (exact) mass is 484 g/mol. The fraction of sp³-hybridized carbons (Fsp3) is 0.759. The molecular formula is C29H40O6. The van der Waals surface area contributed by atoms with Crippen LogP contribution in [0, 0.1) is 34.5 Å². The van der Waals surface area contributed by atoms with Gasteiger partial charge in [0.05, 0.1) is 6.10 Å². The Bertz CT molecular complexity index is 960. The van der Waals surface area contributed by atoms with Crippen LogP contribution in [0.15, 0.2) is 23.8 Å². The first-order valence-corrected chi connectivity index (χ1v) is 13.6. The number of aliphatic hydroxyl groups is 2. The predicted octanol–water partition coefficient (Wildman–Crippen LogP) is 4.08. The minimum absolute atomic E-state index is 0.00434.